The van der Waals surface area contributed by atoms with Gasteiger partial charge >= 0.3 is 6.03 Å². The molecule has 2 saturated heterocycles. The van der Waals surface area contributed by atoms with Gasteiger partial charge in [-0.1, -0.05) is 0 Å². The lowest BCUT2D eigenvalue weighted by atomic mass is 10.0. The molecule has 3 aromatic rings. The van der Waals surface area contributed by atoms with E-state index in [0.29, 0.717) is 6.54 Å². The standard InChI is InChI=1S/C26H32N8O/c1-31-11-13-33(14-12-31)23-6-3-18(15-29-23)21-4-5-22-24(30-21)25-19(16-28-22)17-32(2)26(35)34(25)20-7-9-27-10-8-20/h3-6,15-16,20,27H,7-14,17H2,1-2H3. The van der Waals surface area contributed by atoms with Crippen LogP contribution in [-0.2, 0) is 6.54 Å². The van der Waals surface area contributed by atoms with Gasteiger partial charge in [0, 0.05) is 62.8 Å². The van der Waals surface area contributed by atoms with Crippen molar-refractivity contribution in [3.63, 3.8) is 0 Å². The van der Waals surface area contributed by atoms with Crippen LogP contribution in [0.3, 0.4) is 0 Å². The van der Waals surface area contributed by atoms with Gasteiger partial charge in [-0.25, -0.2) is 14.8 Å². The zero-order valence-electron chi connectivity index (χ0n) is 20.4. The predicted molar refractivity (Wildman–Crippen MR) is 138 cm³/mol. The van der Waals surface area contributed by atoms with Crippen LogP contribution in [0.4, 0.5) is 16.3 Å². The second-order valence-electron chi connectivity index (χ2n) is 9.88. The molecular formula is C26H32N8O. The minimum atomic E-state index is 0.0438. The molecule has 0 bridgehead atoms. The van der Waals surface area contributed by atoms with Gasteiger partial charge < -0.3 is 20.0 Å². The number of hydrogen-bond acceptors (Lipinski definition) is 7. The lowest BCUT2D eigenvalue weighted by Gasteiger charge is -2.41. The van der Waals surface area contributed by atoms with E-state index in [1.54, 1.807) is 4.90 Å². The van der Waals surface area contributed by atoms with E-state index in [0.717, 1.165) is 91.5 Å². The number of carbonyl (C=O) groups excluding carboxylic acids is 1. The van der Waals surface area contributed by atoms with Crippen molar-refractivity contribution in [2.24, 2.45) is 0 Å². The Morgan fingerprint density at radius 3 is 2.49 bits per heavy atom. The average molecular weight is 473 g/mol. The molecule has 0 radical (unpaired) electrons. The zero-order chi connectivity index (χ0) is 23.9. The van der Waals surface area contributed by atoms with Gasteiger partial charge in [-0.2, -0.15) is 0 Å². The third-order valence-electron chi connectivity index (χ3n) is 7.49. The Morgan fingerprint density at radius 1 is 0.943 bits per heavy atom. The van der Waals surface area contributed by atoms with Gasteiger partial charge in [0.2, 0.25) is 0 Å². The second kappa shape index (κ2) is 9.05. The number of rotatable bonds is 3. The van der Waals surface area contributed by atoms with Crippen LogP contribution in [0.1, 0.15) is 18.4 Å². The van der Waals surface area contributed by atoms with Crippen molar-refractivity contribution in [3.05, 3.63) is 42.2 Å². The molecule has 6 rings (SSSR count). The molecule has 9 heteroatoms. The number of likely N-dealkylation sites (N-methyl/N-ethyl adjacent to an activating group) is 1. The van der Waals surface area contributed by atoms with Crippen molar-refractivity contribution in [2.75, 3.05) is 63.2 Å². The van der Waals surface area contributed by atoms with Crippen molar-refractivity contribution in [1.82, 2.24) is 30.1 Å². The van der Waals surface area contributed by atoms with Gasteiger partial charge in [-0.3, -0.25) is 9.88 Å². The van der Waals surface area contributed by atoms with E-state index >= 15 is 0 Å². The van der Waals surface area contributed by atoms with Crippen molar-refractivity contribution in [3.8, 4) is 11.3 Å². The summed E-state index contributed by atoms with van der Waals surface area (Å²) >= 11 is 0. The number of urea groups is 1. The number of piperidine rings is 1. The van der Waals surface area contributed by atoms with Gasteiger partial charge in [0.25, 0.3) is 0 Å². The summed E-state index contributed by atoms with van der Waals surface area (Å²) in [5, 5.41) is 3.41. The van der Waals surface area contributed by atoms with Crippen LogP contribution in [0.2, 0.25) is 0 Å². The predicted octanol–water partition coefficient (Wildman–Crippen LogP) is 2.57. The molecule has 0 unspecified atom stereocenters. The first kappa shape index (κ1) is 22.2. The molecule has 0 aromatic carbocycles. The molecule has 0 atom stereocenters. The Bertz CT molecular complexity index is 1230. The average Bonchev–Trinajstić information content (AvgIpc) is 2.90. The van der Waals surface area contributed by atoms with Crippen LogP contribution in [0.15, 0.2) is 36.7 Å². The lowest BCUT2D eigenvalue weighted by Crippen LogP contribution is -2.53. The molecule has 6 heterocycles. The van der Waals surface area contributed by atoms with Gasteiger partial charge in [-0.15, -0.1) is 0 Å². The largest absolute Gasteiger partial charge is 0.354 e. The van der Waals surface area contributed by atoms with E-state index < -0.39 is 0 Å². The fourth-order valence-electron chi connectivity index (χ4n) is 5.40. The summed E-state index contributed by atoms with van der Waals surface area (Å²) in [6.45, 7) is 6.46. The van der Waals surface area contributed by atoms with Crippen molar-refractivity contribution >= 4 is 28.6 Å². The SMILES string of the molecule is CN1CCN(c2ccc(-c3ccc4ncc5c(c4n3)N(C3CCNCC3)C(=O)N(C)C5)cn2)CC1. The number of hydrogen-bond donors (Lipinski definition) is 1. The number of nitrogens with zero attached hydrogens (tertiary/aromatic N) is 7. The molecule has 3 aromatic heterocycles. The van der Waals surface area contributed by atoms with Crippen LogP contribution in [-0.4, -0.2) is 90.2 Å². The minimum Gasteiger partial charge on any atom is -0.354 e. The van der Waals surface area contributed by atoms with Crippen molar-refractivity contribution in [1.29, 1.82) is 0 Å². The third-order valence-corrected chi connectivity index (χ3v) is 7.49. The summed E-state index contributed by atoms with van der Waals surface area (Å²) in [6.07, 6.45) is 5.68. The number of piperazine rings is 1. The zero-order valence-corrected chi connectivity index (χ0v) is 20.4. The summed E-state index contributed by atoms with van der Waals surface area (Å²) in [5.41, 5.74) is 5.39. The van der Waals surface area contributed by atoms with E-state index in [-0.39, 0.29) is 12.1 Å². The normalized spacial score (nSPS) is 19.9. The summed E-state index contributed by atoms with van der Waals surface area (Å²) in [7, 11) is 4.02. The van der Waals surface area contributed by atoms with Crippen LogP contribution in [0.5, 0.6) is 0 Å². The molecule has 0 spiro atoms. The van der Waals surface area contributed by atoms with E-state index in [1.165, 1.54) is 0 Å². The molecule has 35 heavy (non-hydrogen) atoms. The molecule has 1 N–H and O–H groups in total. The number of amides is 2. The maximum absolute atomic E-state index is 13.4. The minimum absolute atomic E-state index is 0.0438. The molecule has 0 saturated carbocycles. The third kappa shape index (κ3) is 4.08. The Balaban J connectivity index is 1.38. The maximum Gasteiger partial charge on any atom is 0.324 e. The highest BCUT2D eigenvalue weighted by atomic mass is 16.2. The van der Waals surface area contributed by atoms with Crippen LogP contribution < -0.4 is 15.1 Å². The van der Waals surface area contributed by atoms with Crippen molar-refractivity contribution in [2.45, 2.75) is 25.4 Å². The lowest BCUT2D eigenvalue weighted by molar-refractivity contribution is 0.205. The van der Waals surface area contributed by atoms with Crippen LogP contribution in [0, 0.1) is 0 Å². The highest BCUT2D eigenvalue weighted by Gasteiger charge is 2.36. The fraction of sp³-hybridized carbons (Fsp3) is 0.462. The quantitative estimate of drug-likeness (QED) is 0.628. The topological polar surface area (TPSA) is 80.7 Å². The molecular weight excluding hydrogens is 440 g/mol. The summed E-state index contributed by atoms with van der Waals surface area (Å²) in [6, 6.07) is 8.40. The van der Waals surface area contributed by atoms with Crippen LogP contribution >= 0.6 is 0 Å². The Labute approximate surface area is 205 Å². The summed E-state index contributed by atoms with van der Waals surface area (Å²) < 4.78 is 0. The summed E-state index contributed by atoms with van der Waals surface area (Å²) in [4.78, 5) is 36.3. The summed E-state index contributed by atoms with van der Waals surface area (Å²) in [5.74, 6) is 1.01. The maximum atomic E-state index is 13.4. The second-order valence-corrected chi connectivity index (χ2v) is 9.88. The van der Waals surface area contributed by atoms with Crippen molar-refractivity contribution < 1.29 is 4.79 Å². The van der Waals surface area contributed by atoms with E-state index in [1.807, 2.05) is 36.5 Å². The molecule has 182 valence electrons. The number of aromatic nitrogens is 3. The Morgan fingerprint density at radius 2 is 1.74 bits per heavy atom. The fourth-order valence-corrected chi connectivity index (χ4v) is 5.40. The van der Waals surface area contributed by atoms with Gasteiger partial charge in [0.15, 0.2) is 0 Å². The van der Waals surface area contributed by atoms with E-state index in [4.69, 9.17) is 9.97 Å². The first-order chi connectivity index (χ1) is 17.1. The number of carbonyl (C=O) groups is 1. The Hall–Kier alpha value is -3.30. The first-order valence-corrected chi connectivity index (χ1v) is 12.5. The molecule has 3 aliphatic rings. The molecule has 2 fully saturated rings. The first-order valence-electron chi connectivity index (χ1n) is 12.5. The number of nitrogens with one attached hydrogen (secondary N) is 1. The molecule has 0 aliphatic carbocycles. The monoisotopic (exact) mass is 472 g/mol. The number of pyridine rings is 3. The highest BCUT2D eigenvalue weighted by molar-refractivity contribution is 6.04. The van der Waals surface area contributed by atoms with Gasteiger partial charge in [0.05, 0.1) is 23.4 Å². The van der Waals surface area contributed by atoms with Gasteiger partial charge in [0.1, 0.15) is 11.3 Å². The Kier molecular flexibility index (Phi) is 5.74. The van der Waals surface area contributed by atoms with Gasteiger partial charge in [-0.05, 0) is 57.2 Å². The van der Waals surface area contributed by atoms with E-state index in [9.17, 15) is 4.79 Å². The molecule has 2 amide bonds. The number of fused-ring (bicyclic) bond motifs is 3. The van der Waals surface area contributed by atoms with Crippen LogP contribution in [0.25, 0.3) is 22.3 Å². The smallest absolute Gasteiger partial charge is 0.324 e. The highest BCUT2D eigenvalue weighted by Crippen LogP contribution is 2.37. The number of anilines is 2. The molecule has 3 aliphatic heterocycles. The van der Waals surface area contributed by atoms with E-state index in [2.05, 4.69) is 39.3 Å². The molecule has 9 nitrogen and oxygen atoms in total.